The minimum atomic E-state index is -0.764. The van der Waals surface area contributed by atoms with Crippen molar-refractivity contribution in [3.8, 4) is 0 Å². The molecule has 1 N–H and O–H groups in total. The standard InChI is InChI=1S/C18H22N2O6/c1-3-20(4-2)17(22)13-5-7-14(8-6-13)19-16(21)12-26-18(23)15-11-24-9-10-25-15/h5-8,11H,3-4,9-10,12H2,1-2H3,(H,19,21). The van der Waals surface area contributed by atoms with E-state index in [4.69, 9.17) is 14.2 Å². The van der Waals surface area contributed by atoms with Crippen LogP contribution in [0.3, 0.4) is 0 Å². The van der Waals surface area contributed by atoms with E-state index in [9.17, 15) is 14.4 Å². The number of esters is 1. The van der Waals surface area contributed by atoms with Gasteiger partial charge in [-0.2, -0.15) is 0 Å². The molecule has 1 aromatic rings. The first-order valence-corrected chi connectivity index (χ1v) is 8.36. The molecule has 0 atom stereocenters. The first kappa shape index (κ1) is 19.3. The van der Waals surface area contributed by atoms with Gasteiger partial charge in [0.1, 0.15) is 19.5 Å². The second-order valence-electron chi connectivity index (χ2n) is 5.38. The van der Waals surface area contributed by atoms with Crippen LogP contribution in [-0.2, 0) is 23.8 Å². The molecule has 26 heavy (non-hydrogen) atoms. The lowest BCUT2D eigenvalue weighted by molar-refractivity contribution is -0.148. The fourth-order valence-corrected chi connectivity index (χ4v) is 2.26. The summed E-state index contributed by atoms with van der Waals surface area (Å²) in [5.41, 5.74) is 1.04. The average molecular weight is 362 g/mol. The highest BCUT2D eigenvalue weighted by Gasteiger charge is 2.18. The number of benzene rings is 1. The monoisotopic (exact) mass is 362 g/mol. The molecular weight excluding hydrogens is 340 g/mol. The molecule has 0 spiro atoms. The van der Waals surface area contributed by atoms with Crippen LogP contribution in [0.2, 0.25) is 0 Å². The van der Waals surface area contributed by atoms with Crippen molar-refractivity contribution in [3.63, 3.8) is 0 Å². The Bertz CT molecular complexity index is 679. The zero-order valence-corrected chi connectivity index (χ0v) is 14.8. The van der Waals surface area contributed by atoms with Gasteiger partial charge in [-0.15, -0.1) is 0 Å². The lowest BCUT2D eigenvalue weighted by Crippen LogP contribution is -2.30. The normalized spacial score (nSPS) is 12.9. The van der Waals surface area contributed by atoms with E-state index < -0.39 is 18.5 Å². The molecule has 1 aliphatic rings. The molecule has 0 unspecified atom stereocenters. The maximum Gasteiger partial charge on any atom is 0.377 e. The van der Waals surface area contributed by atoms with E-state index in [0.717, 1.165) is 6.26 Å². The predicted molar refractivity (Wildman–Crippen MR) is 93.3 cm³/mol. The highest BCUT2D eigenvalue weighted by Crippen LogP contribution is 2.12. The van der Waals surface area contributed by atoms with E-state index in [2.05, 4.69) is 5.32 Å². The number of nitrogens with zero attached hydrogens (tertiary/aromatic N) is 1. The Morgan fingerprint density at radius 3 is 2.38 bits per heavy atom. The highest BCUT2D eigenvalue weighted by atomic mass is 16.6. The molecule has 0 bridgehead atoms. The summed E-state index contributed by atoms with van der Waals surface area (Å²) in [7, 11) is 0. The van der Waals surface area contributed by atoms with Gasteiger partial charge in [0.25, 0.3) is 11.8 Å². The SMILES string of the molecule is CCN(CC)C(=O)c1ccc(NC(=O)COC(=O)C2=COCCO2)cc1. The third-order valence-corrected chi connectivity index (χ3v) is 3.65. The van der Waals surface area contributed by atoms with E-state index in [1.807, 2.05) is 13.8 Å². The van der Waals surface area contributed by atoms with Crippen LogP contribution in [-0.4, -0.2) is 55.6 Å². The van der Waals surface area contributed by atoms with Gasteiger partial charge in [0.05, 0.1) is 0 Å². The summed E-state index contributed by atoms with van der Waals surface area (Å²) in [6, 6.07) is 6.52. The topological polar surface area (TPSA) is 94.2 Å². The molecule has 1 heterocycles. The largest absolute Gasteiger partial charge is 0.493 e. The molecule has 0 fully saturated rings. The van der Waals surface area contributed by atoms with E-state index >= 15 is 0 Å². The van der Waals surface area contributed by atoms with E-state index in [0.29, 0.717) is 30.9 Å². The quantitative estimate of drug-likeness (QED) is 0.740. The zero-order chi connectivity index (χ0) is 18.9. The Morgan fingerprint density at radius 1 is 1.12 bits per heavy atom. The highest BCUT2D eigenvalue weighted by molar-refractivity contribution is 5.96. The predicted octanol–water partition coefficient (Wildman–Crippen LogP) is 1.54. The number of carbonyl (C=O) groups is 3. The fourth-order valence-electron chi connectivity index (χ4n) is 2.26. The lowest BCUT2D eigenvalue weighted by atomic mass is 10.2. The Hall–Kier alpha value is -3.03. The third kappa shape index (κ3) is 5.23. The molecule has 0 saturated carbocycles. The molecule has 1 aromatic carbocycles. The van der Waals surface area contributed by atoms with Crippen LogP contribution >= 0.6 is 0 Å². The number of carbonyl (C=O) groups excluding carboxylic acids is 3. The zero-order valence-electron chi connectivity index (χ0n) is 14.8. The summed E-state index contributed by atoms with van der Waals surface area (Å²) in [6.45, 7) is 5.25. The molecule has 140 valence electrons. The number of ether oxygens (including phenoxy) is 3. The van der Waals surface area contributed by atoms with Gasteiger partial charge in [-0.05, 0) is 38.1 Å². The number of hydrogen-bond donors (Lipinski definition) is 1. The number of nitrogens with one attached hydrogen (secondary N) is 1. The second-order valence-corrected chi connectivity index (χ2v) is 5.38. The van der Waals surface area contributed by atoms with E-state index in [1.165, 1.54) is 0 Å². The third-order valence-electron chi connectivity index (χ3n) is 3.65. The Labute approximate surface area is 151 Å². The van der Waals surface area contributed by atoms with Crippen LogP contribution in [0.5, 0.6) is 0 Å². The van der Waals surface area contributed by atoms with Crippen LogP contribution in [0.1, 0.15) is 24.2 Å². The van der Waals surface area contributed by atoms with Crippen molar-refractivity contribution in [2.24, 2.45) is 0 Å². The number of anilines is 1. The van der Waals surface area contributed by atoms with Crippen LogP contribution in [0.25, 0.3) is 0 Å². The maximum atomic E-state index is 12.2. The summed E-state index contributed by atoms with van der Waals surface area (Å²) < 4.78 is 14.9. The first-order valence-electron chi connectivity index (χ1n) is 8.36. The van der Waals surface area contributed by atoms with Gasteiger partial charge in [0, 0.05) is 24.3 Å². The summed E-state index contributed by atoms with van der Waals surface area (Å²) >= 11 is 0. The fraction of sp³-hybridized carbons (Fsp3) is 0.389. The molecule has 0 saturated heterocycles. The lowest BCUT2D eigenvalue weighted by Gasteiger charge is -2.18. The van der Waals surface area contributed by atoms with Gasteiger partial charge in [-0.3, -0.25) is 9.59 Å². The molecule has 2 amide bonds. The molecule has 0 radical (unpaired) electrons. The summed E-state index contributed by atoms with van der Waals surface area (Å²) in [4.78, 5) is 37.5. The van der Waals surface area contributed by atoms with Gasteiger partial charge in [0.15, 0.2) is 6.61 Å². The van der Waals surface area contributed by atoms with E-state index in [1.54, 1.807) is 29.2 Å². The van der Waals surface area contributed by atoms with Gasteiger partial charge < -0.3 is 24.4 Å². The number of amides is 2. The number of hydrogen-bond acceptors (Lipinski definition) is 6. The summed E-state index contributed by atoms with van der Waals surface area (Å²) in [5, 5.41) is 2.59. The molecule has 0 aliphatic carbocycles. The maximum absolute atomic E-state index is 12.2. The van der Waals surface area contributed by atoms with Gasteiger partial charge in [-0.1, -0.05) is 0 Å². The van der Waals surface area contributed by atoms with Crippen molar-refractivity contribution in [2.45, 2.75) is 13.8 Å². The minimum Gasteiger partial charge on any atom is -0.493 e. The summed E-state index contributed by atoms with van der Waals surface area (Å²) in [5.74, 6) is -1.40. The van der Waals surface area contributed by atoms with Crippen LogP contribution in [0.4, 0.5) is 5.69 Å². The van der Waals surface area contributed by atoms with Crippen molar-refractivity contribution in [2.75, 3.05) is 38.2 Å². The molecule has 8 nitrogen and oxygen atoms in total. The van der Waals surface area contributed by atoms with Gasteiger partial charge >= 0.3 is 5.97 Å². The average Bonchev–Trinajstić information content (AvgIpc) is 2.68. The van der Waals surface area contributed by atoms with Crippen LogP contribution < -0.4 is 5.32 Å². The second kappa shape index (κ2) is 9.45. The Morgan fingerprint density at radius 2 is 1.81 bits per heavy atom. The van der Waals surface area contributed by atoms with Gasteiger partial charge in [0.2, 0.25) is 5.76 Å². The Kier molecular flexibility index (Phi) is 7.02. The van der Waals surface area contributed by atoms with Crippen molar-refractivity contribution in [1.29, 1.82) is 0 Å². The van der Waals surface area contributed by atoms with Crippen molar-refractivity contribution < 1.29 is 28.6 Å². The van der Waals surface area contributed by atoms with E-state index in [-0.39, 0.29) is 18.3 Å². The van der Waals surface area contributed by atoms with Gasteiger partial charge in [-0.25, -0.2) is 4.79 Å². The Balaban J connectivity index is 1.84. The van der Waals surface area contributed by atoms with Crippen LogP contribution in [0, 0.1) is 0 Å². The summed E-state index contributed by atoms with van der Waals surface area (Å²) in [6.07, 6.45) is 1.16. The van der Waals surface area contributed by atoms with Crippen molar-refractivity contribution >= 4 is 23.5 Å². The molecule has 8 heteroatoms. The molecule has 0 aromatic heterocycles. The molecule has 2 rings (SSSR count). The van der Waals surface area contributed by atoms with Crippen molar-refractivity contribution in [3.05, 3.63) is 41.9 Å². The molecular formula is C18H22N2O6. The minimum absolute atomic E-state index is 0.0650. The van der Waals surface area contributed by atoms with Crippen molar-refractivity contribution in [1.82, 2.24) is 4.90 Å². The van der Waals surface area contributed by atoms with Crippen LogP contribution in [0.15, 0.2) is 36.3 Å². The first-order chi connectivity index (χ1) is 12.5. The molecule has 1 aliphatic heterocycles. The number of rotatable bonds is 7. The smallest absolute Gasteiger partial charge is 0.377 e.